The SMILES string of the molecule is CC(C)c1noc(CN2CCN(CC(=O)c3c[nH]c(C(=O)N4CCCC4)c3)CC2)n1. The number of carbonyl (C=O) groups excluding carboxylic acids is 2. The van der Waals surface area contributed by atoms with Crippen molar-refractivity contribution in [3.63, 3.8) is 0 Å². The first-order chi connectivity index (χ1) is 14.5. The topological polar surface area (TPSA) is 98.6 Å². The molecule has 2 aromatic heterocycles. The van der Waals surface area contributed by atoms with Crippen LogP contribution in [0.4, 0.5) is 0 Å². The molecule has 0 bridgehead atoms. The van der Waals surface area contributed by atoms with Gasteiger partial charge >= 0.3 is 0 Å². The molecule has 0 saturated carbocycles. The van der Waals surface area contributed by atoms with Crippen molar-refractivity contribution in [1.82, 2.24) is 29.8 Å². The van der Waals surface area contributed by atoms with E-state index in [0.717, 1.165) is 57.9 Å². The molecule has 9 nitrogen and oxygen atoms in total. The van der Waals surface area contributed by atoms with Gasteiger partial charge in [-0.25, -0.2) is 0 Å². The molecule has 2 fully saturated rings. The van der Waals surface area contributed by atoms with E-state index in [-0.39, 0.29) is 17.6 Å². The molecule has 9 heteroatoms. The number of aromatic nitrogens is 3. The van der Waals surface area contributed by atoms with Gasteiger partial charge in [-0.3, -0.25) is 19.4 Å². The fraction of sp³-hybridized carbons (Fsp3) is 0.619. The van der Waals surface area contributed by atoms with Crippen molar-refractivity contribution in [1.29, 1.82) is 0 Å². The van der Waals surface area contributed by atoms with Crippen molar-refractivity contribution in [2.45, 2.75) is 39.2 Å². The van der Waals surface area contributed by atoms with E-state index in [0.29, 0.717) is 30.2 Å². The van der Waals surface area contributed by atoms with E-state index in [4.69, 9.17) is 4.52 Å². The van der Waals surface area contributed by atoms with Gasteiger partial charge in [-0.1, -0.05) is 19.0 Å². The second-order valence-electron chi connectivity index (χ2n) is 8.48. The molecule has 30 heavy (non-hydrogen) atoms. The third kappa shape index (κ3) is 4.79. The summed E-state index contributed by atoms with van der Waals surface area (Å²) >= 11 is 0. The predicted molar refractivity (Wildman–Crippen MR) is 110 cm³/mol. The average Bonchev–Trinajstić information content (AvgIpc) is 3.50. The molecule has 0 spiro atoms. The number of carbonyl (C=O) groups is 2. The van der Waals surface area contributed by atoms with Crippen molar-refractivity contribution in [3.8, 4) is 0 Å². The number of ketones is 1. The van der Waals surface area contributed by atoms with Crippen LogP contribution in [0.1, 0.15) is 65.2 Å². The van der Waals surface area contributed by atoms with E-state index in [2.05, 4.69) is 24.9 Å². The summed E-state index contributed by atoms with van der Waals surface area (Å²) in [6.07, 6.45) is 3.76. The summed E-state index contributed by atoms with van der Waals surface area (Å²) in [7, 11) is 0. The lowest BCUT2D eigenvalue weighted by Crippen LogP contribution is -2.47. The molecule has 4 rings (SSSR count). The van der Waals surface area contributed by atoms with E-state index >= 15 is 0 Å². The highest BCUT2D eigenvalue weighted by atomic mass is 16.5. The highest BCUT2D eigenvalue weighted by Crippen LogP contribution is 2.15. The summed E-state index contributed by atoms with van der Waals surface area (Å²) in [5.74, 6) is 1.67. The number of likely N-dealkylation sites (tertiary alicyclic amines) is 1. The first-order valence-corrected chi connectivity index (χ1v) is 10.8. The Morgan fingerprint density at radius 1 is 1.10 bits per heavy atom. The number of amides is 1. The summed E-state index contributed by atoms with van der Waals surface area (Å²) in [6, 6.07) is 1.70. The maximum absolute atomic E-state index is 12.7. The Bertz CT molecular complexity index is 875. The van der Waals surface area contributed by atoms with Gasteiger partial charge in [-0.2, -0.15) is 4.98 Å². The second kappa shape index (κ2) is 9.09. The largest absolute Gasteiger partial charge is 0.356 e. The molecule has 2 aromatic rings. The minimum atomic E-state index is -0.0122. The summed E-state index contributed by atoms with van der Waals surface area (Å²) in [6.45, 7) is 9.99. The summed E-state index contributed by atoms with van der Waals surface area (Å²) < 4.78 is 5.33. The maximum Gasteiger partial charge on any atom is 0.270 e. The second-order valence-corrected chi connectivity index (χ2v) is 8.48. The molecule has 0 unspecified atom stereocenters. The van der Waals surface area contributed by atoms with Crippen LogP contribution in [0.15, 0.2) is 16.8 Å². The highest BCUT2D eigenvalue weighted by Gasteiger charge is 2.24. The first kappa shape index (κ1) is 20.7. The number of Topliss-reactive ketones (excluding diaryl/α,β-unsaturated/α-hetero) is 1. The molecule has 2 aliphatic rings. The van der Waals surface area contributed by atoms with E-state index in [9.17, 15) is 9.59 Å². The van der Waals surface area contributed by atoms with Crippen LogP contribution >= 0.6 is 0 Å². The summed E-state index contributed by atoms with van der Waals surface area (Å²) in [5.41, 5.74) is 1.08. The normalized spacial score (nSPS) is 18.4. The molecule has 1 amide bonds. The third-order valence-corrected chi connectivity index (χ3v) is 5.82. The third-order valence-electron chi connectivity index (χ3n) is 5.82. The van der Waals surface area contributed by atoms with Crippen LogP contribution in [0.2, 0.25) is 0 Å². The van der Waals surface area contributed by atoms with E-state index in [1.165, 1.54) is 0 Å². The van der Waals surface area contributed by atoms with Crippen molar-refractivity contribution >= 4 is 11.7 Å². The van der Waals surface area contributed by atoms with Gasteiger partial charge in [-0.05, 0) is 18.9 Å². The van der Waals surface area contributed by atoms with Gasteiger partial charge in [0.15, 0.2) is 11.6 Å². The zero-order valence-corrected chi connectivity index (χ0v) is 17.8. The molecule has 2 aliphatic heterocycles. The molecular formula is C21H30N6O3. The zero-order chi connectivity index (χ0) is 21.1. The Labute approximate surface area is 176 Å². The number of hydrogen-bond acceptors (Lipinski definition) is 7. The Kier molecular flexibility index (Phi) is 6.29. The molecule has 0 radical (unpaired) electrons. The van der Waals surface area contributed by atoms with Crippen LogP contribution in [0.25, 0.3) is 0 Å². The zero-order valence-electron chi connectivity index (χ0n) is 17.8. The minimum Gasteiger partial charge on any atom is -0.356 e. The number of H-pyrrole nitrogens is 1. The number of aromatic amines is 1. The van der Waals surface area contributed by atoms with Gasteiger partial charge in [0.2, 0.25) is 5.89 Å². The number of nitrogens with one attached hydrogen (secondary N) is 1. The maximum atomic E-state index is 12.7. The van der Waals surface area contributed by atoms with E-state index in [1.54, 1.807) is 12.3 Å². The standard InChI is InChI=1S/C21H30N6O3/c1-15(2)20-23-19(30-24-20)14-26-9-7-25(8-10-26)13-18(28)16-11-17(22-12-16)21(29)27-5-3-4-6-27/h11-12,15,22H,3-10,13-14H2,1-2H3. The number of piperazine rings is 1. The van der Waals surface area contributed by atoms with Crippen molar-refractivity contribution in [3.05, 3.63) is 35.2 Å². The molecular weight excluding hydrogens is 384 g/mol. The molecule has 1 N–H and O–H groups in total. The lowest BCUT2D eigenvalue weighted by Gasteiger charge is -2.33. The first-order valence-electron chi connectivity index (χ1n) is 10.8. The Hall–Kier alpha value is -2.52. The van der Waals surface area contributed by atoms with Gasteiger partial charge < -0.3 is 14.4 Å². The Morgan fingerprint density at radius 3 is 2.47 bits per heavy atom. The predicted octanol–water partition coefficient (Wildman–Crippen LogP) is 1.76. The fourth-order valence-corrected chi connectivity index (χ4v) is 3.93. The molecule has 2 saturated heterocycles. The number of nitrogens with zero attached hydrogens (tertiary/aromatic N) is 5. The smallest absolute Gasteiger partial charge is 0.270 e. The van der Waals surface area contributed by atoms with Crippen LogP contribution in [0, 0.1) is 0 Å². The quantitative estimate of drug-likeness (QED) is 0.689. The van der Waals surface area contributed by atoms with E-state index in [1.807, 2.05) is 18.7 Å². The molecule has 162 valence electrons. The van der Waals surface area contributed by atoms with Gasteiger partial charge in [0, 0.05) is 56.9 Å². The van der Waals surface area contributed by atoms with Crippen LogP contribution < -0.4 is 0 Å². The lowest BCUT2D eigenvalue weighted by molar-refractivity contribution is 0.0787. The minimum absolute atomic E-state index is 0.0122. The van der Waals surface area contributed by atoms with Crippen molar-refractivity contribution in [2.24, 2.45) is 0 Å². The summed E-state index contributed by atoms with van der Waals surface area (Å²) in [4.78, 5) is 38.8. The van der Waals surface area contributed by atoms with Gasteiger partial charge in [0.1, 0.15) is 5.69 Å². The van der Waals surface area contributed by atoms with Crippen LogP contribution in [-0.2, 0) is 6.54 Å². The lowest BCUT2D eigenvalue weighted by atomic mass is 10.2. The molecule has 4 heterocycles. The van der Waals surface area contributed by atoms with Gasteiger partial charge in [0.05, 0.1) is 13.1 Å². The number of hydrogen-bond donors (Lipinski definition) is 1. The Balaban J connectivity index is 1.24. The Morgan fingerprint density at radius 2 is 1.80 bits per heavy atom. The number of rotatable bonds is 7. The average molecular weight is 415 g/mol. The summed E-state index contributed by atoms with van der Waals surface area (Å²) in [5, 5.41) is 4.01. The van der Waals surface area contributed by atoms with Crippen LogP contribution in [0.5, 0.6) is 0 Å². The molecule has 0 aromatic carbocycles. The monoisotopic (exact) mass is 414 g/mol. The molecule has 0 atom stereocenters. The van der Waals surface area contributed by atoms with Gasteiger partial charge in [-0.15, -0.1) is 0 Å². The van der Waals surface area contributed by atoms with Crippen molar-refractivity contribution < 1.29 is 14.1 Å². The molecule has 0 aliphatic carbocycles. The van der Waals surface area contributed by atoms with Gasteiger partial charge in [0.25, 0.3) is 5.91 Å². The van der Waals surface area contributed by atoms with E-state index < -0.39 is 0 Å². The highest BCUT2D eigenvalue weighted by molar-refractivity contribution is 6.01. The van der Waals surface area contributed by atoms with Crippen LogP contribution in [0.3, 0.4) is 0 Å². The van der Waals surface area contributed by atoms with Crippen LogP contribution in [-0.4, -0.2) is 87.3 Å². The van der Waals surface area contributed by atoms with Crippen molar-refractivity contribution in [2.75, 3.05) is 45.8 Å². The fourth-order valence-electron chi connectivity index (χ4n) is 3.93.